The normalized spacial score (nSPS) is 10.6. The summed E-state index contributed by atoms with van der Waals surface area (Å²) in [6.07, 6.45) is 1.54. The van der Waals surface area contributed by atoms with Crippen LogP contribution in [0.1, 0.15) is 18.1 Å². The van der Waals surface area contributed by atoms with Gasteiger partial charge in [-0.3, -0.25) is 0 Å². The topological polar surface area (TPSA) is 95.2 Å². The maximum absolute atomic E-state index is 5.86. The van der Waals surface area contributed by atoms with E-state index in [2.05, 4.69) is 26.1 Å². The number of hydrogen-bond donors (Lipinski definition) is 2. The van der Waals surface area contributed by atoms with Crippen molar-refractivity contribution in [2.45, 2.75) is 13.5 Å². The van der Waals surface area contributed by atoms with Gasteiger partial charge in [-0.05, 0) is 48.4 Å². The van der Waals surface area contributed by atoms with Crippen LogP contribution in [0.15, 0.2) is 57.1 Å². The molecule has 2 aromatic rings. The highest BCUT2D eigenvalue weighted by Crippen LogP contribution is 2.29. The molecule has 0 aliphatic heterocycles. The van der Waals surface area contributed by atoms with Crippen LogP contribution in [0.4, 0.5) is 0 Å². The average Bonchev–Trinajstić information content (AvgIpc) is 2.55. The third-order valence-corrected chi connectivity index (χ3v) is 3.48. The Kier molecular flexibility index (Phi) is 6.62. The number of nitrogens with zero attached hydrogens (tertiary/aromatic N) is 2. The number of guanidine groups is 1. The Labute approximate surface area is 149 Å². The van der Waals surface area contributed by atoms with Gasteiger partial charge < -0.3 is 20.9 Å². The molecule has 0 radical (unpaired) electrons. The van der Waals surface area contributed by atoms with Gasteiger partial charge in [0.2, 0.25) is 5.96 Å². The van der Waals surface area contributed by atoms with Gasteiger partial charge in [-0.1, -0.05) is 28.1 Å². The molecule has 6 nitrogen and oxygen atoms in total. The van der Waals surface area contributed by atoms with E-state index in [0.717, 1.165) is 15.6 Å². The molecule has 2 aromatic carbocycles. The molecule has 2 rings (SSSR count). The summed E-state index contributed by atoms with van der Waals surface area (Å²) in [7, 11) is 0. The van der Waals surface area contributed by atoms with E-state index in [1.807, 2.05) is 49.4 Å². The van der Waals surface area contributed by atoms with Gasteiger partial charge in [0.25, 0.3) is 0 Å². The zero-order valence-electron chi connectivity index (χ0n) is 13.3. The van der Waals surface area contributed by atoms with Gasteiger partial charge in [-0.2, -0.15) is 5.10 Å². The van der Waals surface area contributed by atoms with E-state index in [0.29, 0.717) is 24.7 Å². The van der Waals surface area contributed by atoms with E-state index in [9.17, 15) is 0 Å². The molecule has 0 aromatic heterocycles. The predicted octanol–water partition coefficient (Wildman–Crippen LogP) is 3.03. The Balaban J connectivity index is 2.12. The molecule has 0 fully saturated rings. The molecule has 0 amide bonds. The summed E-state index contributed by atoms with van der Waals surface area (Å²) in [6.45, 7) is 2.90. The van der Waals surface area contributed by atoms with E-state index in [4.69, 9.17) is 20.9 Å². The van der Waals surface area contributed by atoms with Crippen molar-refractivity contribution in [3.05, 3.63) is 58.1 Å². The first kappa shape index (κ1) is 17.8. The minimum Gasteiger partial charge on any atom is -0.490 e. The lowest BCUT2D eigenvalue weighted by Crippen LogP contribution is -2.21. The SMILES string of the molecule is CCOc1cc(/C=N/N=C(N)N)ccc1OCc1ccc(Br)cc1. The second kappa shape index (κ2) is 8.93. The monoisotopic (exact) mass is 390 g/mol. The number of ether oxygens (including phenoxy) is 2. The van der Waals surface area contributed by atoms with Crippen molar-refractivity contribution >= 4 is 28.1 Å². The van der Waals surface area contributed by atoms with E-state index in [1.54, 1.807) is 6.21 Å². The third kappa shape index (κ3) is 5.58. The smallest absolute Gasteiger partial charge is 0.211 e. The van der Waals surface area contributed by atoms with Crippen molar-refractivity contribution in [1.29, 1.82) is 0 Å². The second-order valence-corrected chi connectivity index (χ2v) is 5.74. The highest BCUT2D eigenvalue weighted by atomic mass is 79.9. The van der Waals surface area contributed by atoms with Crippen molar-refractivity contribution in [2.75, 3.05) is 6.61 Å². The van der Waals surface area contributed by atoms with Crippen LogP contribution in [0.5, 0.6) is 11.5 Å². The molecule has 0 saturated carbocycles. The predicted molar refractivity (Wildman–Crippen MR) is 99.5 cm³/mol. The Hall–Kier alpha value is -2.54. The van der Waals surface area contributed by atoms with Crippen LogP contribution in [0.2, 0.25) is 0 Å². The number of rotatable bonds is 7. The summed E-state index contributed by atoms with van der Waals surface area (Å²) < 4.78 is 12.5. The van der Waals surface area contributed by atoms with Gasteiger partial charge in [0.1, 0.15) is 6.61 Å². The van der Waals surface area contributed by atoms with Gasteiger partial charge in [-0.15, -0.1) is 5.10 Å². The van der Waals surface area contributed by atoms with Crippen molar-refractivity contribution in [3.8, 4) is 11.5 Å². The van der Waals surface area contributed by atoms with Crippen molar-refractivity contribution in [2.24, 2.45) is 21.7 Å². The van der Waals surface area contributed by atoms with Crippen LogP contribution in [0.25, 0.3) is 0 Å². The first-order chi connectivity index (χ1) is 11.6. The molecule has 7 heteroatoms. The van der Waals surface area contributed by atoms with Crippen LogP contribution in [0.3, 0.4) is 0 Å². The Morgan fingerprint density at radius 3 is 2.50 bits per heavy atom. The molecule has 0 atom stereocenters. The molecule has 0 spiro atoms. The third-order valence-electron chi connectivity index (χ3n) is 2.96. The number of halogens is 1. The summed E-state index contributed by atoms with van der Waals surface area (Å²) in [5, 5.41) is 7.35. The number of benzene rings is 2. The van der Waals surface area contributed by atoms with Gasteiger partial charge in [0.05, 0.1) is 12.8 Å². The van der Waals surface area contributed by atoms with E-state index in [-0.39, 0.29) is 5.96 Å². The Morgan fingerprint density at radius 1 is 1.08 bits per heavy atom. The maximum atomic E-state index is 5.86. The van der Waals surface area contributed by atoms with Crippen molar-refractivity contribution in [3.63, 3.8) is 0 Å². The largest absolute Gasteiger partial charge is 0.490 e. The average molecular weight is 391 g/mol. The minimum absolute atomic E-state index is 0.0919. The zero-order chi connectivity index (χ0) is 17.4. The molecule has 0 heterocycles. The molecule has 0 aliphatic carbocycles. The molecule has 24 heavy (non-hydrogen) atoms. The van der Waals surface area contributed by atoms with Crippen LogP contribution in [-0.2, 0) is 6.61 Å². The van der Waals surface area contributed by atoms with Gasteiger partial charge in [0, 0.05) is 4.47 Å². The fraction of sp³-hybridized carbons (Fsp3) is 0.176. The molecule has 126 valence electrons. The van der Waals surface area contributed by atoms with Crippen LogP contribution in [0, 0.1) is 0 Å². The molecule has 0 aliphatic rings. The van der Waals surface area contributed by atoms with Gasteiger partial charge in [-0.25, -0.2) is 0 Å². The summed E-state index contributed by atoms with van der Waals surface area (Å²) in [5.74, 6) is 1.22. The summed E-state index contributed by atoms with van der Waals surface area (Å²) >= 11 is 3.41. The minimum atomic E-state index is -0.0919. The van der Waals surface area contributed by atoms with Gasteiger partial charge in [0.15, 0.2) is 11.5 Å². The fourth-order valence-electron chi connectivity index (χ4n) is 1.90. The molecule has 0 saturated heterocycles. The van der Waals surface area contributed by atoms with Crippen LogP contribution in [-0.4, -0.2) is 18.8 Å². The van der Waals surface area contributed by atoms with Crippen molar-refractivity contribution in [1.82, 2.24) is 0 Å². The zero-order valence-corrected chi connectivity index (χ0v) is 14.9. The summed E-state index contributed by atoms with van der Waals surface area (Å²) in [5.41, 5.74) is 12.3. The number of nitrogens with two attached hydrogens (primary N) is 2. The Morgan fingerprint density at radius 2 is 1.83 bits per heavy atom. The quantitative estimate of drug-likeness (QED) is 0.431. The molecule has 4 N–H and O–H groups in total. The Bertz CT molecular complexity index is 726. The molecule has 0 unspecified atom stereocenters. The van der Waals surface area contributed by atoms with Gasteiger partial charge >= 0.3 is 0 Å². The van der Waals surface area contributed by atoms with Crippen LogP contribution < -0.4 is 20.9 Å². The molecular weight excluding hydrogens is 372 g/mol. The second-order valence-electron chi connectivity index (χ2n) is 4.82. The van der Waals surface area contributed by atoms with Crippen molar-refractivity contribution < 1.29 is 9.47 Å². The fourth-order valence-corrected chi connectivity index (χ4v) is 2.16. The summed E-state index contributed by atoms with van der Waals surface area (Å²) in [6, 6.07) is 13.5. The van der Waals surface area contributed by atoms with E-state index < -0.39 is 0 Å². The van der Waals surface area contributed by atoms with E-state index in [1.165, 1.54) is 0 Å². The summed E-state index contributed by atoms with van der Waals surface area (Å²) in [4.78, 5) is 0. The highest BCUT2D eigenvalue weighted by Gasteiger charge is 2.06. The lowest BCUT2D eigenvalue weighted by Gasteiger charge is -2.12. The highest BCUT2D eigenvalue weighted by molar-refractivity contribution is 9.10. The first-order valence-electron chi connectivity index (χ1n) is 7.34. The lowest BCUT2D eigenvalue weighted by molar-refractivity contribution is 0.269. The molecule has 0 bridgehead atoms. The standard InChI is InChI=1S/C17H19BrN4O2/c1-2-23-16-9-13(10-21-22-17(19)20)5-8-15(16)24-11-12-3-6-14(18)7-4-12/h3-10H,2,11H2,1H3,(H4,19,20,22)/b21-10+. The van der Waals surface area contributed by atoms with E-state index >= 15 is 0 Å². The number of hydrogen-bond acceptors (Lipinski definition) is 4. The van der Waals surface area contributed by atoms with Crippen LogP contribution >= 0.6 is 15.9 Å². The lowest BCUT2D eigenvalue weighted by atomic mass is 10.2. The molecular formula is C17H19BrN4O2. The first-order valence-corrected chi connectivity index (χ1v) is 8.14. The maximum Gasteiger partial charge on any atom is 0.211 e.